The van der Waals surface area contributed by atoms with E-state index < -0.39 is 0 Å². The number of aromatic amines is 1. The highest BCUT2D eigenvalue weighted by Crippen LogP contribution is 2.42. The average molecular weight is 412 g/mol. The third-order valence-corrected chi connectivity index (χ3v) is 4.76. The number of rotatable bonds is 3. The van der Waals surface area contributed by atoms with Gasteiger partial charge < -0.3 is 34.4 Å². The van der Waals surface area contributed by atoms with E-state index in [0.717, 1.165) is 11.3 Å². The number of benzene rings is 2. The van der Waals surface area contributed by atoms with Crippen molar-refractivity contribution >= 4 is 33.9 Å². The SMILES string of the molecule is Oc1[nH]c2cc3c(cc2c1N=NC(=S)NCc1ccc2c(c1)OCO2)OCCO3. The largest absolute Gasteiger partial charge is 0.493 e. The van der Waals surface area contributed by atoms with E-state index >= 15 is 0 Å². The minimum absolute atomic E-state index is 0.107. The maximum absolute atomic E-state index is 10.2. The highest BCUT2D eigenvalue weighted by atomic mass is 32.1. The molecule has 10 heteroatoms. The lowest BCUT2D eigenvalue weighted by Gasteiger charge is -2.18. The number of H-pyrrole nitrogens is 1. The molecule has 0 saturated carbocycles. The van der Waals surface area contributed by atoms with E-state index in [2.05, 4.69) is 20.5 Å². The molecule has 29 heavy (non-hydrogen) atoms. The van der Waals surface area contributed by atoms with Crippen LogP contribution in [0.1, 0.15) is 5.56 Å². The molecule has 0 radical (unpaired) electrons. The number of hydrogen-bond donors (Lipinski definition) is 3. The Morgan fingerprint density at radius 1 is 1.03 bits per heavy atom. The lowest BCUT2D eigenvalue weighted by atomic mass is 10.2. The molecule has 0 amide bonds. The van der Waals surface area contributed by atoms with E-state index in [1.54, 1.807) is 12.1 Å². The van der Waals surface area contributed by atoms with E-state index in [0.29, 0.717) is 47.9 Å². The molecule has 0 bridgehead atoms. The van der Waals surface area contributed by atoms with Crippen molar-refractivity contribution in [1.82, 2.24) is 10.3 Å². The van der Waals surface area contributed by atoms with Crippen LogP contribution in [0.15, 0.2) is 40.6 Å². The fourth-order valence-electron chi connectivity index (χ4n) is 3.16. The molecular formula is C19H16N4O5S. The topological polar surface area (TPSA) is 110 Å². The van der Waals surface area contributed by atoms with Gasteiger partial charge in [0.25, 0.3) is 0 Å². The molecule has 3 heterocycles. The molecule has 2 aromatic carbocycles. The normalized spacial score (nSPS) is 14.5. The van der Waals surface area contributed by atoms with Crippen LogP contribution in [0.5, 0.6) is 28.9 Å². The van der Waals surface area contributed by atoms with Gasteiger partial charge in [-0.2, -0.15) is 0 Å². The van der Waals surface area contributed by atoms with Gasteiger partial charge in [0.05, 0.1) is 5.52 Å². The Labute approximate surface area is 170 Å². The van der Waals surface area contributed by atoms with Crippen molar-refractivity contribution in [2.24, 2.45) is 10.2 Å². The van der Waals surface area contributed by atoms with Crippen LogP contribution in [0.4, 0.5) is 5.69 Å². The van der Waals surface area contributed by atoms with Crippen molar-refractivity contribution in [2.45, 2.75) is 6.54 Å². The van der Waals surface area contributed by atoms with Crippen LogP contribution in [0.2, 0.25) is 0 Å². The number of nitrogens with one attached hydrogen (secondary N) is 2. The number of thiocarbonyl (C=S) groups is 1. The number of hydrogen-bond acceptors (Lipinski definition) is 7. The predicted octanol–water partition coefficient (Wildman–Crippen LogP) is 3.53. The monoisotopic (exact) mass is 412 g/mol. The number of nitrogens with zero attached hydrogens (tertiary/aromatic N) is 2. The van der Waals surface area contributed by atoms with E-state index in [-0.39, 0.29) is 23.5 Å². The van der Waals surface area contributed by atoms with E-state index in [1.807, 2.05) is 18.2 Å². The number of azo groups is 1. The molecule has 2 aliphatic rings. The molecule has 9 nitrogen and oxygen atoms in total. The molecule has 0 saturated heterocycles. The summed E-state index contributed by atoms with van der Waals surface area (Å²) in [5.74, 6) is 2.54. The van der Waals surface area contributed by atoms with Crippen molar-refractivity contribution in [2.75, 3.05) is 20.0 Å². The summed E-state index contributed by atoms with van der Waals surface area (Å²) in [5.41, 5.74) is 1.91. The van der Waals surface area contributed by atoms with Crippen molar-refractivity contribution in [1.29, 1.82) is 0 Å². The van der Waals surface area contributed by atoms with E-state index in [9.17, 15) is 5.11 Å². The van der Waals surface area contributed by atoms with Crippen molar-refractivity contribution in [3.05, 3.63) is 35.9 Å². The van der Waals surface area contributed by atoms with Crippen LogP contribution in [0.3, 0.4) is 0 Å². The molecule has 2 aliphatic heterocycles. The zero-order valence-corrected chi connectivity index (χ0v) is 15.9. The second kappa shape index (κ2) is 7.13. The number of fused-ring (bicyclic) bond motifs is 3. The fraction of sp³-hybridized carbons (Fsp3) is 0.211. The maximum Gasteiger partial charge on any atom is 0.231 e. The second-order valence-corrected chi connectivity index (χ2v) is 6.80. The lowest BCUT2D eigenvalue weighted by molar-refractivity contribution is 0.172. The molecule has 0 atom stereocenters. The van der Waals surface area contributed by atoms with Gasteiger partial charge in [-0.3, -0.25) is 0 Å². The van der Waals surface area contributed by atoms with Gasteiger partial charge in [0, 0.05) is 18.0 Å². The Balaban J connectivity index is 1.31. The lowest BCUT2D eigenvalue weighted by Crippen LogP contribution is -2.18. The van der Waals surface area contributed by atoms with Gasteiger partial charge in [0.15, 0.2) is 28.7 Å². The fourth-order valence-corrected chi connectivity index (χ4v) is 3.28. The summed E-state index contributed by atoms with van der Waals surface area (Å²) in [6, 6.07) is 9.17. The van der Waals surface area contributed by atoms with Crippen molar-refractivity contribution < 1.29 is 24.1 Å². The minimum atomic E-state index is -0.107. The molecular weight excluding hydrogens is 396 g/mol. The van der Waals surface area contributed by atoms with Crippen LogP contribution in [0, 0.1) is 0 Å². The zero-order chi connectivity index (χ0) is 19.8. The zero-order valence-electron chi connectivity index (χ0n) is 15.1. The first-order chi connectivity index (χ1) is 14.2. The van der Waals surface area contributed by atoms with E-state index in [1.165, 1.54) is 0 Å². The summed E-state index contributed by atoms with van der Waals surface area (Å²) >= 11 is 5.22. The molecule has 0 spiro atoms. The number of aromatic nitrogens is 1. The molecule has 1 aromatic heterocycles. The third-order valence-electron chi connectivity index (χ3n) is 4.54. The summed E-state index contributed by atoms with van der Waals surface area (Å²) < 4.78 is 21.8. The van der Waals surface area contributed by atoms with Gasteiger partial charge in [0.1, 0.15) is 13.2 Å². The molecule has 5 rings (SSSR count). The molecule has 0 aliphatic carbocycles. The standard InChI is InChI=1S/C19H16N4O5S/c24-18-17(11-6-15-16(7-12(11)21-18)26-4-3-25-15)22-23-19(29)20-8-10-1-2-13-14(5-10)28-9-27-13/h1-2,5-7,21,24H,3-4,8-9H2,(H,20,29). The van der Waals surface area contributed by atoms with Crippen LogP contribution in [-0.2, 0) is 6.54 Å². The first-order valence-electron chi connectivity index (χ1n) is 8.90. The average Bonchev–Trinajstić information content (AvgIpc) is 3.31. The van der Waals surface area contributed by atoms with E-state index in [4.69, 9.17) is 31.2 Å². The molecule has 3 N–H and O–H groups in total. The summed E-state index contributed by atoms with van der Waals surface area (Å²) in [6.07, 6.45) is 0. The summed E-state index contributed by atoms with van der Waals surface area (Å²) in [6.45, 7) is 1.64. The van der Waals surface area contributed by atoms with Gasteiger partial charge in [0.2, 0.25) is 17.8 Å². The molecule has 0 unspecified atom stereocenters. The quantitative estimate of drug-likeness (QED) is 0.446. The van der Waals surface area contributed by atoms with Gasteiger partial charge in [-0.05, 0) is 36.0 Å². The summed E-state index contributed by atoms with van der Waals surface area (Å²) in [5, 5.41) is 22.2. The Morgan fingerprint density at radius 2 is 1.79 bits per heavy atom. The Bertz CT molecular complexity index is 1140. The predicted molar refractivity (Wildman–Crippen MR) is 107 cm³/mol. The minimum Gasteiger partial charge on any atom is -0.493 e. The molecule has 148 valence electrons. The Hall–Kier alpha value is -3.53. The number of ether oxygens (including phenoxy) is 4. The van der Waals surface area contributed by atoms with Crippen molar-refractivity contribution in [3.63, 3.8) is 0 Å². The van der Waals surface area contributed by atoms with Crippen molar-refractivity contribution in [3.8, 4) is 28.9 Å². The van der Waals surface area contributed by atoms with Crippen LogP contribution < -0.4 is 24.3 Å². The van der Waals surface area contributed by atoms with Gasteiger partial charge >= 0.3 is 0 Å². The molecule has 3 aromatic rings. The smallest absolute Gasteiger partial charge is 0.231 e. The first-order valence-corrected chi connectivity index (χ1v) is 9.30. The highest BCUT2D eigenvalue weighted by molar-refractivity contribution is 7.80. The second-order valence-electron chi connectivity index (χ2n) is 6.41. The number of aromatic hydroxyl groups is 1. The first kappa shape index (κ1) is 17.6. The van der Waals surface area contributed by atoms with Gasteiger partial charge in [-0.15, -0.1) is 10.2 Å². The Morgan fingerprint density at radius 3 is 2.66 bits per heavy atom. The summed E-state index contributed by atoms with van der Waals surface area (Å²) in [7, 11) is 0. The Kier molecular flexibility index (Phi) is 4.32. The molecule has 0 fully saturated rings. The van der Waals surface area contributed by atoms with Crippen LogP contribution in [-0.4, -0.2) is 35.2 Å². The van der Waals surface area contributed by atoms with Crippen LogP contribution in [0.25, 0.3) is 10.9 Å². The maximum atomic E-state index is 10.2. The summed E-state index contributed by atoms with van der Waals surface area (Å²) in [4.78, 5) is 2.86. The van der Waals surface area contributed by atoms with Crippen LogP contribution >= 0.6 is 12.2 Å². The highest BCUT2D eigenvalue weighted by Gasteiger charge is 2.18. The third kappa shape index (κ3) is 3.38. The van der Waals surface area contributed by atoms with Gasteiger partial charge in [-0.1, -0.05) is 6.07 Å². The van der Waals surface area contributed by atoms with Gasteiger partial charge in [-0.25, -0.2) is 0 Å².